The van der Waals surface area contributed by atoms with Crippen LogP contribution in [0.5, 0.6) is 0 Å². The van der Waals surface area contributed by atoms with Crippen molar-refractivity contribution in [2.45, 2.75) is 39.3 Å². The first kappa shape index (κ1) is 14.8. The zero-order valence-corrected chi connectivity index (χ0v) is 13.4. The van der Waals surface area contributed by atoms with Gasteiger partial charge < -0.3 is 10.3 Å². The summed E-state index contributed by atoms with van der Waals surface area (Å²) < 4.78 is 1.88. The second-order valence-electron chi connectivity index (χ2n) is 6.11. The summed E-state index contributed by atoms with van der Waals surface area (Å²) in [7, 11) is 0. The molecule has 0 aliphatic heterocycles. The Bertz CT molecular complexity index is 727. The third-order valence-corrected chi connectivity index (χ3v) is 4.04. The largest absolute Gasteiger partial charge is 0.358 e. The van der Waals surface area contributed by atoms with Crippen LogP contribution in [-0.2, 0) is 6.54 Å². The number of rotatable bonds is 6. The Balaban J connectivity index is 1.68. The second-order valence-corrected chi connectivity index (χ2v) is 6.11. The molecular weight excluding hydrogens is 274 g/mol. The molecule has 3 rings (SSSR count). The van der Waals surface area contributed by atoms with E-state index in [1.807, 2.05) is 4.68 Å². The minimum atomic E-state index is 0.291. The van der Waals surface area contributed by atoms with E-state index in [1.54, 1.807) is 12.7 Å². The van der Waals surface area contributed by atoms with Gasteiger partial charge in [0, 0.05) is 29.7 Å². The minimum Gasteiger partial charge on any atom is -0.358 e. The van der Waals surface area contributed by atoms with E-state index < -0.39 is 0 Å². The lowest BCUT2D eigenvalue weighted by atomic mass is 10.1. The summed E-state index contributed by atoms with van der Waals surface area (Å²) in [4.78, 5) is 7.50. The number of nitrogens with one attached hydrogen (secondary N) is 2. The fourth-order valence-electron chi connectivity index (χ4n) is 2.66. The molecule has 2 N–H and O–H groups in total. The Labute approximate surface area is 130 Å². The van der Waals surface area contributed by atoms with Gasteiger partial charge in [0.25, 0.3) is 0 Å². The van der Waals surface area contributed by atoms with Crippen LogP contribution >= 0.6 is 0 Å². The van der Waals surface area contributed by atoms with E-state index >= 15 is 0 Å². The highest BCUT2D eigenvalue weighted by Gasteiger charge is 2.09. The van der Waals surface area contributed by atoms with E-state index in [-0.39, 0.29) is 0 Å². The molecule has 5 heteroatoms. The monoisotopic (exact) mass is 297 g/mol. The quantitative estimate of drug-likeness (QED) is 0.734. The molecule has 0 radical (unpaired) electrons. The highest BCUT2D eigenvalue weighted by molar-refractivity contribution is 5.84. The SMILES string of the molecule is CC(C)c1cc2c(CNCC(C)n3cncn3)cccc2[nH]1. The lowest BCUT2D eigenvalue weighted by molar-refractivity contribution is 0.453. The molecule has 0 aliphatic carbocycles. The summed E-state index contributed by atoms with van der Waals surface area (Å²) in [6.07, 6.45) is 3.33. The van der Waals surface area contributed by atoms with Crippen molar-refractivity contribution < 1.29 is 0 Å². The molecule has 0 aliphatic rings. The molecular formula is C17H23N5. The van der Waals surface area contributed by atoms with Crippen LogP contribution in [0.25, 0.3) is 10.9 Å². The van der Waals surface area contributed by atoms with Gasteiger partial charge in [-0.1, -0.05) is 26.0 Å². The summed E-state index contributed by atoms with van der Waals surface area (Å²) in [6.45, 7) is 8.27. The Kier molecular flexibility index (Phi) is 4.24. The van der Waals surface area contributed by atoms with Crippen LogP contribution in [0.4, 0.5) is 0 Å². The molecule has 0 bridgehead atoms. The van der Waals surface area contributed by atoms with Crippen molar-refractivity contribution >= 4 is 10.9 Å². The molecule has 1 atom stereocenters. The van der Waals surface area contributed by atoms with Crippen molar-refractivity contribution in [2.24, 2.45) is 0 Å². The number of hydrogen-bond acceptors (Lipinski definition) is 3. The second kappa shape index (κ2) is 6.32. The van der Waals surface area contributed by atoms with Crippen LogP contribution in [0.3, 0.4) is 0 Å². The van der Waals surface area contributed by atoms with E-state index in [9.17, 15) is 0 Å². The van der Waals surface area contributed by atoms with Gasteiger partial charge >= 0.3 is 0 Å². The van der Waals surface area contributed by atoms with Crippen LogP contribution in [0.2, 0.25) is 0 Å². The maximum Gasteiger partial charge on any atom is 0.137 e. The van der Waals surface area contributed by atoms with Crippen LogP contribution in [-0.4, -0.2) is 26.3 Å². The number of hydrogen-bond donors (Lipinski definition) is 2. The highest BCUT2D eigenvalue weighted by atomic mass is 15.3. The average Bonchev–Trinajstić information content (AvgIpc) is 3.16. The number of aromatic amines is 1. The van der Waals surface area contributed by atoms with E-state index in [2.05, 4.69) is 65.4 Å². The van der Waals surface area contributed by atoms with Gasteiger partial charge in [0.05, 0.1) is 6.04 Å². The van der Waals surface area contributed by atoms with Gasteiger partial charge in [-0.2, -0.15) is 5.10 Å². The van der Waals surface area contributed by atoms with Gasteiger partial charge in [-0.3, -0.25) is 0 Å². The predicted octanol–water partition coefficient (Wildman–Crippen LogP) is 3.23. The third kappa shape index (κ3) is 3.04. The fraction of sp³-hybridized carbons (Fsp3) is 0.412. The van der Waals surface area contributed by atoms with Gasteiger partial charge in [0.2, 0.25) is 0 Å². The van der Waals surface area contributed by atoms with Gasteiger partial charge in [-0.15, -0.1) is 0 Å². The Hall–Kier alpha value is -2.14. The minimum absolute atomic E-state index is 0.291. The summed E-state index contributed by atoms with van der Waals surface area (Å²) in [5.41, 5.74) is 3.83. The molecule has 5 nitrogen and oxygen atoms in total. The van der Waals surface area contributed by atoms with Gasteiger partial charge in [0.15, 0.2) is 0 Å². The first-order valence-electron chi connectivity index (χ1n) is 7.80. The molecule has 0 fully saturated rings. The Morgan fingerprint density at radius 2 is 2.14 bits per heavy atom. The standard InChI is InChI=1S/C17H23N5/c1-12(2)17-7-15-14(5-4-6-16(15)21-17)9-18-8-13(3)22-11-19-10-20-22/h4-7,10-13,18,21H,8-9H2,1-3H3. The first-order valence-corrected chi connectivity index (χ1v) is 7.80. The van der Waals surface area contributed by atoms with Crippen LogP contribution in [0, 0.1) is 0 Å². The summed E-state index contributed by atoms with van der Waals surface area (Å²) in [6, 6.07) is 9.01. The molecule has 0 spiro atoms. The number of benzene rings is 1. The lowest BCUT2D eigenvalue weighted by Gasteiger charge is -2.13. The number of nitrogens with zero attached hydrogens (tertiary/aromatic N) is 3. The molecule has 0 amide bonds. The topological polar surface area (TPSA) is 58.5 Å². The molecule has 2 heterocycles. The van der Waals surface area contributed by atoms with E-state index in [0.717, 1.165) is 13.1 Å². The summed E-state index contributed by atoms with van der Waals surface area (Å²) in [5.74, 6) is 0.514. The maximum absolute atomic E-state index is 4.18. The van der Waals surface area contributed by atoms with E-state index in [1.165, 1.54) is 22.2 Å². The van der Waals surface area contributed by atoms with Gasteiger partial charge in [0.1, 0.15) is 12.7 Å². The van der Waals surface area contributed by atoms with Gasteiger partial charge in [-0.25, -0.2) is 9.67 Å². The van der Waals surface area contributed by atoms with Crippen molar-refractivity contribution in [2.75, 3.05) is 6.54 Å². The van der Waals surface area contributed by atoms with Crippen LogP contribution in [0.15, 0.2) is 36.9 Å². The predicted molar refractivity (Wildman–Crippen MR) is 88.8 cm³/mol. The molecule has 22 heavy (non-hydrogen) atoms. The smallest absolute Gasteiger partial charge is 0.137 e. The molecule has 0 saturated carbocycles. The van der Waals surface area contributed by atoms with Crippen molar-refractivity contribution in [3.8, 4) is 0 Å². The summed E-state index contributed by atoms with van der Waals surface area (Å²) in [5, 5.41) is 9.01. The van der Waals surface area contributed by atoms with Crippen molar-refractivity contribution in [3.63, 3.8) is 0 Å². The Morgan fingerprint density at radius 3 is 2.86 bits per heavy atom. The number of H-pyrrole nitrogens is 1. The van der Waals surface area contributed by atoms with Crippen LogP contribution in [0.1, 0.15) is 44.0 Å². The van der Waals surface area contributed by atoms with Gasteiger partial charge in [-0.05, 0) is 30.5 Å². The zero-order valence-electron chi connectivity index (χ0n) is 13.4. The molecule has 116 valence electrons. The number of fused-ring (bicyclic) bond motifs is 1. The first-order chi connectivity index (χ1) is 10.6. The van der Waals surface area contributed by atoms with Crippen LogP contribution < -0.4 is 5.32 Å². The van der Waals surface area contributed by atoms with E-state index in [4.69, 9.17) is 0 Å². The van der Waals surface area contributed by atoms with Crippen molar-refractivity contribution in [3.05, 3.63) is 48.2 Å². The van der Waals surface area contributed by atoms with Crippen molar-refractivity contribution in [1.29, 1.82) is 0 Å². The lowest BCUT2D eigenvalue weighted by Crippen LogP contribution is -2.23. The molecule has 1 unspecified atom stereocenters. The molecule has 3 aromatic rings. The van der Waals surface area contributed by atoms with E-state index in [0.29, 0.717) is 12.0 Å². The maximum atomic E-state index is 4.18. The number of aromatic nitrogens is 4. The highest BCUT2D eigenvalue weighted by Crippen LogP contribution is 2.24. The molecule has 0 saturated heterocycles. The summed E-state index contributed by atoms with van der Waals surface area (Å²) >= 11 is 0. The third-order valence-electron chi connectivity index (χ3n) is 4.04. The Morgan fingerprint density at radius 1 is 1.27 bits per heavy atom. The normalized spacial score (nSPS) is 13.1. The molecule has 1 aromatic carbocycles. The van der Waals surface area contributed by atoms with Crippen molar-refractivity contribution in [1.82, 2.24) is 25.1 Å². The molecule has 2 aromatic heterocycles. The zero-order chi connectivity index (χ0) is 15.5. The average molecular weight is 297 g/mol. The fourth-order valence-corrected chi connectivity index (χ4v) is 2.66.